The average molecular weight is 178 g/mol. The van der Waals surface area contributed by atoms with Crippen molar-refractivity contribution < 1.29 is 4.79 Å². The minimum absolute atomic E-state index is 0.124. The third-order valence-electron chi connectivity index (χ3n) is 3.02. The van der Waals surface area contributed by atoms with Crippen molar-refractivity contribution in [3.63, 3.8) is 0 Å². The van der Waals surface area contributed by atoms with Gasteiger partial charge < -0.3 is 10.2 Å². The van der Waals surface area contributed by atoms with Gasteiger partial charge in [-0.2, -0.15) is 0 Å². The van der Waals surface area contributed by atoms with Gasteiger partial charge in [-0.25, -0.2) is 0 Å². The van der Waals surface area contributed by atoms with Gasteiger partial charge in [0.05, 0.1) is 6.42 Å². The molecule has 2 heterocycles. The number of nitrogens with zero attached hydrogens (tertiary/aromatic N) is 1. The van der Waals surface area contributed by atoms with Gasteiger partial charge in [0.25, 0.3) is 0 Å². The van der Waals surface area contributed by atoms with Gasteiger partial charge in [-0.3, -0.25) is 4.79 Å². The molecule has 2 saturated heterocycles. The molecule has 0 aromatic heterocycles. The minimum Gasteiger partial charge on any atom is -0.337 e. The molecule has 70 valence electrons. The Morgan fingerprint density at radius 3 is 3.23 bits per heavy atom. The number of carbonyl (C=O) groups excluding carboxylic acids is 1. The summed E-state index contributed by atoms with van der Waals surface area (Å²) in [5.41, 5.74) is 0. The highest BCUT2D eigenvalue weighted by molar-refractivity contribution is 5.79. The first-order chi connectivity index (χ1) is 6.33. The van der Waals surface area contributed by atoms with E-state index in [1.807, 2.05) is 4.90 Å². The maximum Gasteiger partial charge on any atom is 0.234 e. The molecule has 1 amide bonds. The normalized spacial score (nSPS) is 31.5. The molecule has 2 aliphatic heterocycles. The van der Waals surface area contributed by atoms with Crippen LogP contribution in [-0.4, -0.2) is 36.5 Å². The Bertz CT molecular complexity index is 256. The molecule has 0 aliphatic carbocycles. The molecule has 0 saturated carbocycles. The van der Waals surface area contributed by atoms with Crippen molar-refractivity contribution in [1.29, 1.82) is 0 Å². The molecule has 2 fully saturated rings. The van der Waals surface area contributed by atoms with Gasteiger partial charge >= 0.3 is 0 Å². The zero-order valence-electron chi connectivity index (χ0n) is 7.62. The molecule has 3 heteroatoms. The second-order valence-corrected chi connectivity index (χ2v) is 3.74. The van der Waals surface area contributed by atoms with Crippen LogP contribution >= 0.6 is 0 Å². The summed E-state index contributed by atoms with van der Waals surface area (Å²) in [5.74, 6) is 3.20. The summed E-state index contributed by atoms with van der Waals surface area (Å²) in [4.78, 5) is 13.5. The molecule has 0 bridgehead atoms. The lowest BCUT2D eigenvalue weighted by Crippen LogP contribution is -2.38. The molecule has 2 rings (SSSR count). The van der Waals surface area contributed by atoms with Crippen LogP contribution in [0, 0.1) is 18.3 Å². The summed E-state index contributed by atoms with van der Waals surface area (Å²) < 4.78 is 0. The van der Waals surface area contributed by atoms with E-state index in [1.165, 1.54) is 0 Å². The number of nitrogens with one attached hydrogen (secondary N) is 1. The summed E-state index contributed by atoms with van der Waals surface area (Å²) >= 11 is 0. The van der Waals surface area contributed by atoms with Gasteiger partial charge in [-0.1, -0.05) is 5.92 Å². The van der Waals surface area contributed by atoms with E-state index in [0.717, 1.165) is 26.1 Å². The Kier molecular flexibility index (Phi) is 2.24. The van der Waals surface area contributed by atoms with Crippen LogP contribution in [0.25, 0.3) is 0 Å². The van der Waals surface area contributed by atoms with Gasteiger partial charge in [0.1, 0.15) is 0 Å². The van der Waals surface area contributed by atoms with E-state index in [4.69, 9.17) is 6.42 Å². The molecule has 3 nitrogen and oxygen atoms in total. The topological polar surface area (TPSA) is 32.3 Å². The van der Waals surface area contributed by atoms with E-state index in [1.54, 1.807) is 0 Å². The molecular weight excluding hydrogens is 164 g/mol. The van der Waals surface area contributed by atoms with Crippen molar-refractivity contribution in [1.82, 2.24) is 10.2 Å². The van der Waals surface area contributed by atoms with Crippen molar-refractivity contribution >= 4 is 5.91 Å². The van der Waals surface area contributed by atoms with Crippen LogP contribution in [-0.2, 0) is 4.79 Å². The van der Waals surface area contributed by atoms with Crippen LogP contribution in [0.2, 0.25) is 0 Å². The molecule has 2 aliphatic rings. The Balaban J connectivity index is 2.01. The van der Waals surface area contributed by atoms with Crippen LogP contribution in [0.3, 0.4) is 0 Å². The Labute approximate surface area is 78.5 Å². The fourth-order valence-corrected chi connectivity index (χ4v) is 2.35. The highest BCUT2D eigenvalue weighted by Gasteiger charge is 2.39. The summed E-state index contributed by atoms with van der Waals surface area (Å²) in [5, 5.41) is 3.31. The monoisotopic (exact) mass is 178 g/mol. The smallest absolute Gasteiger partial charge is 0.234 e. The first-order valence-corrected chi connectivity index (χ1v) is 4.76. The number of terminal acetylenes is 1. The quantitative estimate of drug-likeness (QED) is 0.565. The predicted octanol–water partition coefficient (Wildman–Crippen LogP) is -0.170. The molecule has 0 aromatic carbocycles. The maximum atomic E-state index is 11.5. The Hall–Kier alpha value is -1.01. The third kappa shape index (κ3) is 1.42. The molecule has 0 spiro atoms. The number of carbonyl (C=O) groups is 1. The number of hydrogen-bond donors (Lipinski definition) is 1. The van der Waals surface area contributed by atoms with Crippen molar-refractivity contribution in [2.45, 2.75) is 18.9 Å². The van der Waals surface area contributed by atoms with Crippen LogP contribution in [0.5, 0.6) is 0 Å². The lowest BCUT2D eigenvalue weighted by Gasteiger charge is -2.22. The van der Waals surface area contributed by atoms with Gasteiger partial charge in [0.2, 0.25) is 5.91 Å². The van der Waals surface area contributed by atoms with E-state index in [9.17, 15) is 4.79 Å². The fraction of sp³-hybridized carbons (Fsp3) is 0.700. The van der Waals surface area contributed by atoms with E-state index in [-0.39, 0.29) is 12.3 Å². The first-order valence-electron chi connectivity index (χ1n) is 4.76. The summed E-state index contributed by atoms with van der Waals surface area (Å²) in [7, 11) is 0. The molecule has 1 N–H and O–H groups in total. The van der Waals surface area contributed by atoms with E-state index in [0.29, 0.717) is 12.0 Å². The number of likely N-dealkylation sites (tertiary alicyclic amines) is 1. The third-order valence-corrected chi connectivity index (χ3v) is 3.02. The minimum atomic E-state index is 0.124. The largest absolute Gasteiger partial charge is 0.337 e. The van der Waals surface area contributed by atoms with Crippen LogP contribution in [0.1, 0.15) is 12.8 Å². The zero-order valence-corrected chi connectivity index (χ0v) is 7.62. The van der Waals surface area contributed by atoms with Gasteiger partial charge in [0, 0.05) is 25.7 Å². The molecular formula is C10H14N2O. The van der Waals surface area contributed by atoms with Crippen molar-refractivity contribution in [3.05, 3.63) is 0 Å². The Morgan fingerprint density at radius 2 is 2.46 bits per heavy atom. The van der Waals surface area contributed by atoms with E-state index >= 15 is 0 Å². The zero-order chi connectivity index (χ0) is 9.26. The van der Waals surface area contributed by atoms with Crippen molar-refractivity contribution in [2.75, 3.05) is 19.6 Å². The fourth-order valence-electron chi connectivity index (χ4n) is 2.35. The summed E-state index contributed by atoms with van der Waals surface area (Å²) in [6, 6.07) is 0.417. The lowest BCUT2D eigenvalue weighted by atomic mass is 10.1. The summed E-state index contributed by atoms with van der Waals surface area (Å²) in [6.45, 7) is 2.91. The van der Waals surface area contributed by atoms with Gasteiger partial charge in [-0.15, -0.1) is 6.42 Å². The highest BCUT2D eigenvalue weighted by atomic mass is 16.2. The van der Waals surface area contributed by atoms with Crippen LogP contribution < -0.4 is 5.32 Å². The number of rotatable bonds is 1. The maximum absolute atomic E-state index is 11.5. The van der Waals surface area contributed by atoms with Crippen molar-refractivity contribution in [2.24, 2.45) is 5.92 Å². The first kappa shape index (κ1) is 8.58. The van der Waals surface area contributed by atoms with Crippen LogP contribution in [0.15, 0.2) is 0 Å². The van der Waals surface area contributed by atoms with E-state index < -0.39 is 0 Å². The molecule has 0 radical (unpaired) electrons. The molecule has 0 unspecified atom stereocenters. The van der Waals surface area contributed by atoms with E-state index in [2.05, 4.69) is 11.2 Å². The van der Waals surface area contributed by atoms with Crippen LogP contribution in [0.4, 0.5) is 0 Å². The standard InChI is InChI=1S/C10H14N2O/c1-2-3-10(13)12-5-4-8-6-11-7-9(8)12/h1,8-9,11H,3-7H2/t8-,9+/m0/s1. The van der Waals surface area contributed by atoms with Crippen molar-refractivity contribution in [3.8, 4) is 12.3 Å². The Morgan fingerprint density at radius 1 is 1.62 bits per heavy atom. The second-order valence-electron chi connectivity index (χ2n) is 3.74. The van der Waals surface area contributed by atoms with Gasteiger partial charge in [-0.05, 0) is 12.3 Å². The highest BCUT2D eigenvalue weighted by Crippen LogP contribution is 2.27. The lowest BCUT2D eigenvalue weighted by molar-refractivity contribution is -0.130. The SMILES string of the molecule is C#CCC(=O)N1CC[C@H]2CNC[C@H]21. The second kappa shape index (κ2) is 3.39. The average Bonchev–Trinajstić information content (AvgIpc) is 2.62. The molecule has 2 atom stereocenters. The molecule has 0 aromatic rings. The van der Waals surface area contributed by atoms with Gasteiger partial charge in [0.15, 0.2) is 0 Å². The number of hydrogen-bond acceptors (Lipinski definition) is 2. The summed E-state index contributed by atoms with van der Waals surface area (Å²) in [6.07, 6.45) is 6.51. The predicted molar refractivity (Wildman–Crippen MR) is 49.9 cm³/mol. The number of fused-ring (bicyclic) bond motifs is 1. The number of amides is 1. The molecule has 13 heavy (non-hydrogen) atoms.